The van der Waals surface area contributed by atoms with Gasteiger partial charge in [-0.25, -0.2) is 4.79 Å². The smallest absolute Gasteiger partial charge is 0.346 e. The topological polar surface area (TPSA) is 98.8 Å². The van der Waals surface area contributed by atoms with Crippen molar-refractivity contribution in [3.8, 4) is 0 Å². The third kappa shape index (κ3) is 4.99. The summed E-state index contributed by atoms with van der Waals surface area (Å²) in [5, 5.41) is 5.43. The van der Waals surface area contributed by atoms with Crippen molar-refractivity contribution >= 4 is 23.8 Å². The van der Waals surface area contributed by atoms with Gasteiger partial charge in [0, 0.05) is 19.5 Å². The average molecular weight is 495 g/mol. The minimum atomic E-state index is -4.57. The molecule has 11 heteroatoms. The van der Waals surface area contributed by atoms with Crippen LogP contribution in [-0.4, -0.2) is 58.7 Å². The molecule has 4 rings (SSSR count). The van der Waals surface area contributed by atoms with Crippen LogP contribution in [0.25, 0.3) is 0 Å². The van der Waals surface area contributed by atoms with Gasteiger partial charge in [0.1, 0.15) is 12.1 Å². The van der Waals surface area contributed by atoms with E-state index in [4.69, 9.17) is 0 Å². The lowest BCUT2D eigenvalue weighted by Crippen LogP contribution is -2.54. The minimum absolute atomic E-state index is 0.00695. The van der Waals surface area contributed by atoms with E-state index in [1.165, 1.54) is 17.0 Å². The van der Waals surface area contributed by atoms with Crippen LogP contribution in [0.15, 0.2) is 24.3 Å². The highest BCUT2D eigenvalue weighted by Gasteiger charge is 2.55. The lowest BCUT2D eigenvalue weighted by atomic mass is 9.73. The molecule has 0 aromatic heterocycles. The molecule has 0 bridgehead atoms. The number of alkyl halides is 3. The molecule has 3 atom stereocenters. The number of benzene rings is 1. The molecule has 1 spiro atoms. The van der Waals surface area contributed by atoms with Crippen LogP contribution in [0.1, 0.15) is 62.6 Å². The Morgan fingerprint density at radius 3 is 2.66 bits per heavy atom. The Labute approximate surface area is 201 Å². The maximum absolute atomic E-state index is 13.3. The largest absolute Gasteiger partial charge is 0.416 e. The van der Waals surface area contributed by atoms with Gasteiger partial charge in [-0.2, -0.15) is 13.2 Å². The second kappa shape index (κ2) is 9.50. The van der Waals surface area contributed by atoms with Crippen molar-refractivity contribution in [3.05, 3.63) is 35.4 Å². The molecule has 35 heavy (non-hydrogen) atoms. The minimum Gasteiger partial charge on any atom is -0.346 e. The van der Waals surface area contributed by atoms with Gasteiger partial charge in [-0.1, -0.05) is 31.9 Å². The van der Waals surface area contributed by atoms with Gasteiger partial charge in [0.25, 0.3) is 5.91 Å². The monoisotopic (exact) mass is 494 g/mol. The summed E-state index contributed by atoms with van der Waals surface area (Å²) in [6.07, 6.45) is -0.567. The first-order valence-corrected chi connectivity index (χ1v) is 11.9. The van der Waals surface area contributed by atoms with E-state index in [9.17, 15) is 32.3 Å². The summed E-state index contributed by atoms with van der Waals surface area (Å²) in [5.74, 6) is -1.35. The molecule has 5 amide bonds. The van der Waals surface area contributed by atoms with E-state index in [0.717, 1.165) is 36.3 Å². The molecular formula is C24H29F3N4O4. The van der Waals surface area contributed by atoms with Gasteiger partial charge >= 0.3 is 12.2 Å². The van der Waals surface area contributed by atoms with Crippen LogP contribution >= 0.6 is 0 Å². The zero-order valence-electron chi connectivity index (χ0n) is 19.5. The number of hydrogen-bond acceptors (Lipinski definition) is 4. The van der Waals surface area contributed by atoms with E-state index in [0.29, 0.717) is 25.8 Å². The van der Waals surface area contributed by atoms with Crippen LogP contribution < -0.4 is 10.6 Å². The normalized spacial score (nSPS) is 25.8. The summed E-state index contributed by atoms with van der Waals surface area (Å²) in [7, 11) is 0. The van der Waals surface area contributed by atoms with Crippen molar-refractivity contribution in [3.63, 3.8) is 0 Å². The van der Waals surface area contributed by atoms with E-state index >= 15 is 0 Å². The van der Waals surface area contributed by atoms with Gasteiger partial charge in [0.05, 0.1) is 11.6 Å². The number of carbonyl (C=O) groups is 4. The maximum atomic E-state index is 13.3. The first-order chi connectivity index (χ1) is 16.5. The molecule has 190 valence electrons. The molecule has 1 saturated carbocycles. The Balaban J connectivity index is 1.52. The molecule has 1 aromatic carbocycles. The lowest BCUT2D eigenvalue weighted by molar-refractivity contribution is -0.138. The zero-order chi connectivity index (χ0) is 25.4. The van der Waals surface area contributed by atoms with Crippen molar-refractivity contribution in [2.45, 2.75) is 63.2 Å². The fourth-order valence-electron chi connectivity index (χ4n) is 5.31. The van der Waals surface area contributed by atoms with E-state index in [2.05, 4.69) is 10.6 Å². The molecule has 3 fully saturated rings. The molecule has 1 aliphatic carbocycles. The lowest BCUT2D eigenvalue weighted by Gasteiger charge is -2.36. The van der Waals surface area contributed by atoms with Gasteiger partial charge in [0.15, 0.2) is 0 Å². The summed E-state index contributed by atoms with van der Waals surface area (Å²) in [6, 6.07) is 2.99. The van der Waals surface area contributed by atoms with E-state index in [1.807, 2.05) is 6.92 Å². The number of hydrogen-bond donors (Lipinski definition) is 2. The maximum Gasteiger partial charge on any atom is 0.416 e. The Bertz CT molecular complexity index is 1030. The number of carbonyl (C=O) groups excluding carboxylic acids is 4. The molecular weight excluding hydrogens is 465 g/mol. The van der Waals surface area contributed by atoms with Gasteiger partial charge in [-0.05, 0) is 42.9 Å². The highest BCUT2D eigenvalue weighted by molar-refractivity contribution is 6.09. The van der Waals surface area contributed by atoms with Crippen molar-refractivity contribution in [1.29, 1.82) is 0 Å². The molecule has 3 aliphatic rings. The number of likely N-dealkylation sites (tertiary alicyclic amines) is 1. The average Bonchev–Trinajstić information content (AvgIpc) is 3.31. The summed E-state index contributed by atoms with van der Waals surface area (Å²) in [4.78, 5) is 53.2. The second-order valence-corrected chi connectivity index (χ2v) is 9.63. The summed E-state index contributed by atoms with van der Waals surface area (Å²) < 4.78 is 39.8. The molecule has 8 nitrogen and oxygen atoms in total. The number of halogens is 3. The van der Waals surface area contributed by atoms with Crippen molar-refractivity contribution in [2.24, 2.45) is 5.92 Å². The van der Waals surface area contributed by atoms with Crippen LogP contribution in [0.4, 0.5) is 18.0 Å². The van der Waals surface area contributed by atoms with Gasteiger partial charge in [0.2, 0.25) is 11.8 Å². The zero-order valence-corrected chi connectivity index (χ0v) is 19.5. The molecule has 2 heterocycles. The SMILES string of the molecule is CC1CCCCC12NC(=O)N(CC(=O)NC(CN1CCCC1=O)c1cccc(C(F)(F)F)c1)C2=O. The summed E-state index contributed by atoms with van der Waals surface area (Å²) in [5.41, 5.74) is -1.70. The molecule has 2 saturated heterocycles. The Kier molecular flexibility index (Phi) is 6.79. The van der Waals surface area contributed by atoms with Crippen LogP contribution in [0.3, 0.4) is 0 Å². The predicted molar refractivity (Wildman–Crippen MR) is 119 cm³/mol. The molecule has 0 radical (unpaired) electrons. The fraction of sp³-hybridized carbons (Fsp3) is 0.583. The Morgan fingerprint density at radius 2 is 2.00 bits per heavy atom. The standard InChI is InChI=1S/C24H29F3N4O4/c1-15-6-2-3-10-23(15)21(34)31(22(35)29-23)14-19(32)28-18(13-30-11-5-9-20(30)33)16-7-4-8-17(12-16)24(25,26)27/h4,7-8,12,15,18H,2-3,5-6,9-11,13-14H2,1H3,(H,28,32)(H,29,35). The number of rotatable bonds is 6. The van der Waals surface area contributed by atoms with E-state index < -0.39 is 47.7 Å². The number of nitrogens with zero attached hydrogens (tertiary/aromatic N) is 2. The number of imide groups is 1. The third-order valence-corrected chi connectivity index (χ3v) is 7.33. The van der Waals surface area contributed by atoms with Crippen molar-refractivity contribution < 1.29 is 32.3 Å². The second-order valence-electron chi connectivity index (χ2n) is 9.63. The third-order valence-electron chi connectivity index (χ3n) is 7.33. The van der Waals surface area contributed by atoms with E-state index in [-0.39, 0.29) is 23.9 Å². The number of urea groups is 1. The number of nitrogens with one attached hydrogen (secondary N) is 2. The van der Waals surface area contributed by atoms with Gasteiger partial charge < -0.3 is 15.5 Å². The van der Waals surface area contributed by atoms with Crippen LogP contribution in [0.2, 0.25) is 0 Å². The Morgan fingerprint density at radius 1 is 1.23 bits per heavy atom. The predicted octanol–water partition coefficient (Wildman–Crippen LogP) is 2.99. The van der Waals surface area contributed by atoms with Gasteiger partial charge in [-0.3, -0.25) is 19.3 Å². The van der Waals surface area contributed by atoms with Gasteiger partial charge in [-0.15, -0.1) is 0 Å². The first-order valence-electron chi connectivity index (χ1n) is 11.9. The van der Waals surface area contributed by atoms with Crippen molar-refractivity contribution in [1.82, 2.24) is 20.4 Å². The molecule has 3 unspecified atom stereocenters. The first kappa shape index (κ1) is 25.0. The van der Waals surface area contributed by atoms with Crippen LogP contribution in [0.5, 0.6) is 0 Å². The Hall–Kier alpha value is -3.11. The van der Waals surface area contributed by atoms with Crippen molar-refractivity contribution in [2.75, 3.05) is 19.6 Å². The fourth-order valence-corrected chi connectivity index (χ4v) is 5.31. The summed E-state index contributed by atoms with van der Waals surface area (Å²) >= 11 is 0. The number of amides is 5. The van der Waals surface area contributed by atoms with Crippen LogP contribution in [-0.2, 0) is 20.6 Å². The van der Waals surface area contributed by atoms with E-state index in [1.54, 1.807) is 0 Å². The molecule has 1 aromatic rings. The highest BCUT2D eigenvalue weighted by Crippen LogP contribution is 2.38. The summed E-state index contributed by atoms with van der Waals surface area (Å²) in [6.45, 7) is 1.78. The highest BCUT2D eigenvalue weighted by atomic mass is 19.4. The van der Waals surface area contributed by atoms with Crippen LogP contribution in [0, 0.1) is 5.92 Å². The quantitative estimate of drug-likeness (QED) is 0.594. The molecule has 2 N–H and O–H groups in total. The molecule has 2 aliphatic heterocycles.